The van der Waals surface area contributed by atoms with Crippen LogP contribution in [0, 0.1) is 0 Å². The number of hydrogen-bond acceptors (Lipinski definition) is 2. The average Bonchev–Trinajstić information content (AvgIpc) is 2.46. The molecule has 1 saturated carbocycles. The van der Waals surface area contributed by atoms with Crippen molar-refractivity contribution in [3.8, 4) is 5.75 Å². The van der Waals surface area contributed by atoms with Crippen LogP contribution in [0.4, 0.5) is 4.79 Å². The predicted octanol–water partition coefficient (Wildman–Crippen LogP) is 5.13. The molecule has 110 valence electrons. The van der Waals surface area contributed by atoms with Crippen LogP contribution in [-0.4, -0.2) is 11.3 Å². The minimum atomic E-state index is -1.22. The van der Waals surface area contributed by atoms with E-state index in [1.807, 2.05) is 6.07 Å². The van der Waals surface area contributed by atoms with E-state index in [-0.39, 0.29) is 0 Å². The number of rotatable bonds is 5. The highest BCUT2D eigenvalue weighted by atomic mass is 16.7. The molecule has 1 aromatic carbocycles. The third-order valence-electron chi connectivity index (χ3n) is 4.19. The molecule has 1 N–H and O–H groups in total. The summed E-state index contributed by atoms with van der Waals surface area (Å²) in [6, 6.07) is 5.87. The van der Waals surface area contributed by atoms with Crippen molar-refractivity contribution < 1.29 is 14.6 Å². The molecule has 0 aliphatic heterocycles. The quantitative estimate of drug-likeness (QED) is 0.598. The second kappa shape index (κ2) is 7.32. The predicted molar refractivity (Wildman–Crippen MR) is 79.5 cm³/mol. The molecule has 0 heterocycles. The second-order valence-electron chi connectivity index (χ2n) is 5.63. The van der Waals surface area contributed by atoms with Gasteiger partial charge in [0, 0.05) is 0 Å². The first-order valence-electron chi connectivity index (χ1n) is 7.75. The lowest BCUT2D eigenvalue weighted by molar-refractivity contribution is 0.144. The van der Waals surface area contributed by atoms with E-state index >= 15 is 0 Å². The molecule has 0 aromatic heterocycles. The lowest BCUT2D eigenvalue weighted by atomic mass is 9.81. The van der Waals surface area contributed by atoms with Gasteiger partial charge in [-0.15, -0.1) is 0 Å². The van der Waals surface area contributed by atoms with E-state index in [1.165, 1.54) is 37.7 Å². The smallest absolute Gasteiger partial charge is 0.449 e. The van der Waals surface area contributed by atoms with Gasteiger partial charge >= 0.3 is 6.16 Å². The van der Waals surface area contributed by atoms with Crippen molar-refractivity contribution in [2.45, 2.75) is 64.2 Å². The van der Waals surface area contributed by atoms with Crippen molar-refractivity contribution in [2.24, 2.45) is 0 Å². The van der Waals surface area contributed by atoms with Crippen LogP contribution in [0.3, 0.4) is 0 Å². The Morgan fingerprint density at radius 1 is 1.30 bits per heavy atom. The van der Waals surface area contributed by atoms with Crippen LogP contribution in [0.1, 0.15) is 68.9 Å². The second-order valence-corrected chi connectivity index (χ2v) is 5.63. The molecule has 3 heteroatoms. The fourth-order valence-electron chi connectivity index (χ4n) is 3.19. The third-order valence-corrected chi connectivity index (χ3v) is 4.19. The summed E-state index contributed by atoms with van der Waals surface area (Å²) in [5.74, 6) is 1.11. The highest BCUT2D eigenvalue weighted by Crippen LogP contribution is 2.38. The summed E-state index contributed by atoms with van der Waals surface area (Å²) in [4.78, 5) is 10.9. The van der Waals surface area contributed by atoms with Crippen molar-refractivity contribution in [3.63, 3.8) is 0 Å². The summed E-state index contributed by atoms with van der Waals surface area (Å²) in [6.07, 6.45) is 8.18. The number of carbonyl (C=O) groups is 1. The van der Waals surface area contributed by atoms with Gasteiger partial charge in [-0.05, 0) is 48.8 Å². The molecule has 1 aromatic rings. The van der Waals surface area contributed by atoms with Gasteiger partial charge in [0.1, 0.15) is 5.75 Å². The van der Waals surface area contributed by atoms with Crippen LogP contribution in [0.5, 0.6) is 5.75 Å². The number of hydrogen-bond donors (Lipinski definition) is 1. The monoisotopic (exact) mass is 276 g/mol. The van der Waals surface area contributed by atoms with E-state index < -0.39 is 6.16 Å². The van der Waals surface area contributed by atoms with E-state index in [9.17, 15) is 4.79 Å². The maximum Gasteiger partial charge on any atom is 0.511 e. The topological polar surface area (TPSA) is 46.5 Å². The number of unbranched alkanes of at least 4 members (excludes halogenated alkanes) is 1. The maximum absolute atomic E-state index is 10.9. The van der Waals surface area contributed by atoms with E-state index in [0.717, 1.165) is 24.8 Å². The summed E-state index contributed by atoms with van der Waals surface area (Å²) >= 11 is 0. The van der Waals surface area contributed by atoms with Crippen molar-refractivity contribution in [2.75, 3.05) is 0 Å². The SMILES string of the molecule is CCCCc1c(OC(=O)O)cccc1C1CCCCC1. The molecule has 1 fully saturated rings. The van der Waals surface area contributed by atoms with Gasteiger partial charge in [0.2, 0.25) is 0 Å². The van der Waals surface area contributed by atoms with Gasteiger partial charge in [0.25, 0.3) is 0 Å². The van der Waals surface area contributed by atoms with E-state index in [2.05, 4.69) is 13.0 Å². The summed E-state index contributed by atoms with van der Waals surface area (Å²) < 4.78 is 4.99. The fraction of sp³-hybridized carbons (Fsp3) is 0.588. The Labute approximate surface area is 121 Å². The molecule has 3 nitrogen and oxygen atoms in total. The molecule has 0 spiro atoms. The molecular weight excluding hydrogens is 252 g/mol. The Morgan fingerprint density at radius 2 is 2.05 bits per heavy atom. The maximum atomic E-state index is 10.9. The van der Waals surface area contributed by atoms with Gasteiger partial charge in [0.05, 0.1) is 0 Å². The molecule has 0 radical (unpaired) electrons. The summed E-state index contributed by atoms with van der Waals surface area (Å²) in [5.41, 5.74) is 2.43. The molecular formula is C17H24O3. The summed E-state index contributed by atoms with van der Waals surface area (Å²) in [6.45, 7) is 2.15. The lowest BCUT2D eigenvalue weighted by Crippen LogP contribution is -2.11. The third kappa shape index (κ3) is 3.75. The minimum Gasteiger partial charge on any atom is -0.449 e. The van der Waals surface area contributed by atoms with Crippen LogP contribution in [0.15, 0.2) is 18.2 Å². The van der Waals surface area contributed by atoms with E-state index in [4.69, 9.17) is 9.84 Å². The Balaban J connectivity index is 2.29. The standard InChI is InChI=1S/C17H24O3/c1-2-3-10-15-14(13-8-5-4-6-9-13)11-7-12-16(15)20-17(18)19/h7,11-13H,2-6,8-10H2,1H3,(H,18,19). The lowest BCUT2D eigenvalue weighted by Gasteiger charge is -2.25. The Morgan fingerprint density at radius 3 is 2.70 bits per heavy atom. The molecule has 0 saturated heterocycles. The van der Waals surface area contributed by atoms with Gasteiger partial charge in [0.15, 0.2) is 0 Å². The first kappa shape index (κ1) is 14.9. The van der Waals surface area contributed by atoms with Crippen molar-refractivity contribution in [1.29, 1.82) is 0 Å². The zero-order valence-corrected chi connectivity index (χ0v) is 12.2. The highest BCUT2D eigenvalue weighted by Gasteiger charge is 2.21. The van der Waals surface area contributed by atoms with Gasteiger partial charge in [-0.25, -0.2) is 4.79 Å². The number of benzene rings is 1. The van der Waals surface area contributed by atoms with Gasteiger partial charge < -0.3 is 9.84 Å². The highest BCUT2D eigenvalue weighted by molar-refractivity contribution is 5.62. The van der Waals surface area contributed by atoms with Crippen LogP contribution in [0.25, 0.3) is 0 Å². The first-order chi connectivity index (χ1) is 9.72. The molecule has 20 heavy (non-hydrogen) atoms. The van der Waals surface area contributed by atoms with Gasteiger partial charge in [-0.2, -0.15) is 0 Å². The summed E-state index contributed by atoms with van der Waals surface area (Å²) in [5, 5.41) is 8.90. The molecule has 1 aliphatic rings. The van der Waals surface area contributed by atoms with E-state index in [1.54, 1.807) is 6.07 Å². The zero-order chi connectivity index (χ0) is 14.4. The summed E-state index contributed by atoms with van der Waals surface area (Å²) in [7, 11) is 0. The van der Waals surface area contributed by atoms with Crippen LogP contribution < -0.4 is 4.74 Å². The minimum absolute atomic E-state index is 0.536. The van der Waals surface area contributed by atoms with Crippen molar-refractivity contribution in [1.82, 2.24) is 0 Å². The van der Waals surface area contributed by atoms with E-state index in [0.29, 0.717) is 11.7 Å². The fourth-order valence-corrected chi connectivity index (χ4v) is 3.19. The molecule has 0 atom stereocenters. The molecule has 2 rings (SSSR count). The van der Waals surface area contributed by atoms with Crippen LogP contribution >= 0.6 is 0 Å². The zero-order valence-electron chi connectivity index (χ0n) is 12.2. The molecule has 0 unspecified atom stereocenters. The van der Waals surface area contributed by atoms with Crippen molar-refractivity contribution in [3.05, 3.63) is 29.3 Å². The molecule has 0 amide bonds. The normalized spacial score (nSPS) is 16.1. The largest absolute Gasteiger partial charge is 0.511 e. The number of carboxylic acid groups (broad SMARTS) is 1. The van der Waals surface area contributed by atoms with Crippen LogP contribution in [-0.2, 0) is 6.42 Å². The first-order valence-corrected chi connectivity index (χ1v) is 7.75. The average molecular weight is 276 g/mol. The Bertz CT molecular complexity index is 448. The van der Waals surface area contributed by atoms with Gasteiger partial charge in [-0.1, -0.05) is 44.7 Å². The van der Waals surface area contributed by atoms with Gasteiger partial charge in [-0.3, -0.25) is 0 Å². The van der Waals surface area contributed by atoms with Crippen molar-refractivity contribution >= 4 is 6.16 Å². The van der Waals surface area contributed by atoms with Crippen LogP contribution in [0.2, 0.25) is 0 Å². The Hall–Kier alpha value is -1.51. The number of ether oxygens (including phenoxy) is 1. The Kier molecular flexibility index (Phi) is 5.45. The molecule has 1 aliphatic carbocycles. The molecule has 0 bridgehead atoms.